The molecule has 0 atom stereocenters. The molecule has 0 saturated heterocycles. The van der Waals surface area contributed by atoms with Crippen LogP contribution in [0.25, 0.3) is 0 Å². The second kappa shape index (κ2) is 3.62. The number of nitrogens with zero attached hydrogens (tertiary/aromatic N) is 1. The fourth-order valence-corrected chi connectivity index (χ4v) is 1.74. The maximum atomic E-state index is 5.60. The van der Waals surface area contributed by atoms with Crippen LogP contribution >= 0.6 is 0 Å². The van der Waals surface area contributed by atoms with Gasteiger partial charge >= 0.3 is 0 Å². The average Bonchev–Trinajstić information content (AvgIpc) is 2.16. The van der Waals surface area contributed by atoms with Gasteiger partial charge in [0.05, 0.1) is 0 Å². The topological polar surface area (TPSA) is 12.5 Å². The monoisotopic (exact) mass is 191 g/mol. The largest absolute Gasteiger partial charge is 0.478 e. The maximum Gasteiger partial charge on any atom is 0.142 e. The Morgan fingerprint density at radius 1 is 1.36 bits per heavy atom. The minimum Gasteiger partial charge on any atom is -0.478 e. The Balaban J connectivity index is 2.33. The summed E-state index contributed by atoms with van der Waals surface area (Å²) in [6, 6.07) is 6.52. The number of rotatable bonds is 1. The quantitative estimate of drug-likeness (QED) is 0.676. The molecule has 14 heavy (non-hydrogen) atoms. The first kappa shape index (κ1) is 9.53. The molecule has 0 N–H and O–H groups in total. The van der Waals surface area contributed by atoms with Gasteiger partial charge in [0.25, 0.3) is 0 Å². The van der Waals surface area contributed by atoms with Crippen LogP contribution in [-0.2, 0) is 6.54 Å². The van der Waals surface area contributed by atoms with Crippen LogP contribution in [0.15, 0.2) is 18.2 Å². The fraction of sp³-hybridized carbons (Fsp3) is 0.500. The van der Waals surface area contributed by atoms with Gasteiger partial charge in [-0.2, -0.15) is 0 Å². The lowest BCUT2D eigenvalue weighted by Crippen LogP contribution is -2.28. The summed E-state index contributed by atoms with van der Waals surface area (Å²) in [7, 11) is 2.07. The van der Waals surface area contributed by atoms with E-state index in [1.54, 1.807) is 0 Å². The maximum absolute atomic E-state index is 5.60. The van der Waals surface area contributed by atoms with Crippen molar-refractivity contribution in [2.24, 2.45) is 0 Å². The molecule has 0 amide bonds. The second-order valence-corrected chi connectivity index (χ2v) is 4.31. The number of fused-ring (bicyclic) bond motifs is 1. The van der Waals surface area contributed by atoms with E-state index in [1.165, 1.54) is 11.1 Å². The minimum absolute atomic E-state index is 0.590. The summed E-state index contributed by atoms with van der Waals surface area (Å²) in [6.45, 7) is 6.13. The first-order chi connectivity index (χ1) is 6.66. The SMILES string of the molecule is CC(C)c1ccc2c(c1)CN(C)CO2. The molecule has 1 aromatic carbocycles. The van der Waals surface area contributed by atoms with E-state index in [0.29, 0.717) is 12.6 Å². The van der Waals surface area contributed by atoms with Gasteiger partial charge in [-0.1, -0.05) is 26.0 Å². The van der Waals surface area contributed by atoms with E-state index in [9.17, 15) is 0 Å². The zero-order chi connectivity index (χ0) is 10.1. The number of hydrogen-bond donors (Lipinski definition) is 0. The molecule has 0 aliphatic carbocycles. The highest BCUT2D eigenvalue weighted by atomic mass is 16.5. The highest BCUT2D eigenvalue weighted by Crippen LogP contribution is 2.27. The Labute approximate surface area is 85.5 Å². The van der Waals surface area contributed by atoms with Crippen molar-refractivity contribution in [3.63, 3.8) is 0 Å². The van der Waals surface area contributed by atoms with Crippen LogP contribution in [-0.4, -0.2) is 18.7 Å². The molecular formula is C12H17NO. The third-order valence-electron chi connectivity index (χ3n) is 2.63. The first-order valence-corrected chi connectivity index (χ1v) is 5.11. The average molecular weight is 191 g/mol. The lowest BCUT2D eigenvalue weighted by Gasteiger charge is -2.26. The summed E-state index contributed by atoms with van der Waals surface area (Å²) in [5, 5.41) is 0. The van der Waals surface area contributed by atoms with E-state index >= 15 is 0 Å². The van der Waals surface area contributed by atoms with Crippen molar-refractivity contribution in [3.8, 4) is 5.75 Å². The zero-order valence-electron chi connectivity index (χ0n) is 9.08. The fourth-order valence-electron chi connectivity index (χ4n) is 1.74. The second-order valence-electron chi connectivity index (χ2n) is 4.31. The lowest BCUT2D eigenvalue weighted by molar-refractivity contribution is 0.121. The molecule has 2 rings (SSSR count). The van der Waals surface area contributed by atoms with Crippen LogP contribution in [0.2, 0.25) is 0 Å². The Morgan fingerprint density at radius 2 is 2.14 bits per heavy atom. The summed E-state index contributed by atoms with van der Waals surface area (Å²) in [6.07, 6.45) is 0. The Bertz CT molecular complexity index is 333. The van der Waals surface area contributed by atoms with Gasteiger partial charge in [-0.25, -0.2) is 0 Å². The Kier molecular flexibility index (Phi) is 2.46. The van der Waals surface area contributed by atoms with E-state index in [2.05, 4.69) is 44.0 Å². The molecule has 0 unspecified atom stereocenters. The van der Waals surface area contributed by atoms with Gasteiger partial charge in [0.15, 0.2) is 0 Å². The van der Waals surface area contributed by atoms with Crippen molar-refractivity contribution in [2.45, 2.75) is 26.3 Å². The van der Waals surface area contributed by atoms with Crippen LogP contribution < -0.4 is 4.74 Å². The van der Waals surface area contributed by atoms with Gasteiger partial charge in [-0.05, 0) is 24.6 Å². The van der Waals surface area contributed by atoms with Crippen LogP contribution in [0.4, 0.5) is 0 Å². The van der Waals surface area contributed by atoms with E-state index in [0.717, 1.165) is 12.3 Å². The van der Waals surface area contributed by atoms with E-state index in [1.807, 2.05) is 0 Å². The molecule has 0 bridgehead atoms. The van der Waals surface area contributed by atoms with Gasteiger partial charge in [0.1, 0.15) is 12.5 Å². The molecule has 2 nitrogen and oxygen atoms in total. The molecule has 2 heteroatoms. The van der Waals surface area contributed by atoms with Gasteiger partial charge in [0.2, 0.25) is 0 Å². The predicted molar refractivity (Wildman–Crippen MR) is 57.5 cm³/mol. The zero-order valence-corrected chi connectivity index (χ0v) is 9.08. The van der Waals surface area contributed by atoms with Crippen molar-refractivity contribution in [3.05, 3.63) is 29.3 Å². The number of benzene rings is 1. The van der Waals surface area contributed by atoms with Crippen LogP contribution in [0.5, 0.6) is 5.75 Å². The smallest absolute Gasteiger partial charge is 0.142 e. The third kappa shape index (κ3) is 1.75. The van der Waals surface area contributed by atoms with Crippen molar-refractivity contribution < 1.29 is 4.74 Å². The Hall–Kier alpha value is -1.02. The highest BCUT2D eigenvalue weighted by Gasteiger charge is 2.14. The van der Waals surface area contributed by atoms with E-state index < -0.39 is 0 Å². The first-order valence-electron chi connectivity index (χ1n) is 5.11. The van der Waals surface area contributed by atoms with E-state index in [-0.39, 0.29) is 0 Å². The predicted octanol–water partition coefficient (Wildman–Crippen LogP) is 2.59. The summed E-state index contributed by atoms with van der Waals surface area (Å²) in [5.41, 5.74) is 2.70. The molecule has 0 aromatic heterocycles. The van der Waals surface area contributed by atoms with Crippen molar-refractivity contribution in [1.29, 1.82) is 0 Å². The number of ether oxygens (including phenoxy) is 1. The molecule has 1 aliphatic heterocycles. The van der Waals surface area contributed by atoms with Crippen molar-refractivity contribution in [1.82, 2.24) is 4.90 Å². The van der Waals surface area contributed by atoms with Crippen LogP contribution in [0.3, 0.4) is 0 Å². The third-order valence-corrected chi connectivity index (χ3v) is 2.63. The summed E-state index contributed by atoms with van der Waals surface area (Å²) in [5.74, 6) is 1.64. The molecule has 0 fully saturated rings. The molecule has 1 aromatic rings. The molecule has 1 heterocycles. The highest BCUT2D eigenvalue weighted by molar-refractivity contribution is 5.39. The minimum atomic E-state index is 0.590. The number of hydrogen-bond acceptors (Lipinski definition) is 2. The van der Waals surface area contributed by atoms with Gasteiger partial charge in [-0.3, -0.25) is 4.90 Å². The van der Waals surface area contributed by atoms with Gasteiger partial charge in [-0.15, -0.1) is 0 Å². The molecule has 0 radical (unpaired) electrons. The van der Waals surface area contributed by atoms with Gasteiger partial charge < -0.3 is 4.74 Å². The molecule has 0 saturated carbocycles. The van der Waals surface area contributed by atoms with Crippen LogP contribution in [0.1, 0.15) is 30.9 Å². The summed E-state index contributed by atoms with van der Waals surface area (Å²) in [4.78, 5) is 2.17. The van der Waals surface area contributed by atoms with Crippen molar-refractivity contribution in [2.75, 3.05) is 13.8 Å². The standard InChI is InChI=1S/C12H17NO/c1-9(2)10-4-5-12-11(6-10)7-13(3)8-14-12/h4-6,9H,7-8H2,1-3H3. The van der Waals surface area contributed by atoms with Crippen LogP contribution in [0, 0.1) is 0 Å². The van der Waals surface area contributed by atoms with Gasteiger partial charge in [0, 0.05) is 12.1 Å². The molecule has 0 spiro atoms. The van der Waals surface area contributed by atoms with E-state index in [4.69, 9.17) is 4.74 Å². The lowest BCUT2D eigenvalue weighted by atomic mass is 10.00. The molecule has 76 valence electrons. The molecular weight excluding hydrogens is 174 g/mol. The normalized spacial score (nSPS) is 16.6. The molecule has 1 aliphatic rings. The summed E-state index contributed by atoms with van der Waals surface area (Å²) < 4.78 is 5.60. The van der Waals surface area contributed by atoms with Crippen molar-refractivity contribution >= 4 is 0 Å². The Morgan fingerprint density at radius 3 is 2.86 bits per heavy atom. The summed E-state index contributed by atoms with van der Waals surface area (Å²) >= 11 is 0.